The van der Waals surface area contributed by atoms with Crippen LogP contribution in [0, 0.1) is 17.1 Å². The van der Waals surface area contributed by atoms with E-state index in [1.54, 1.807) is 48.9 Å². The van der Waals surface area contributed by atoms with E-state index in [0.29, 0.717) is 41.9 Å². The molecule has 41 heavy (non-hydrogen) atoms. The van der Waals surface area contributed by atoms with Gasteiger partial charge in [-0.15, -0.1) is 0 Å². The zero-order valence-corrected chi connectivity index (χ0v) is 23.4. The number of benzene rings is 2. The van der Waals surface area contributed by atoms with Crippen molar-refractivity contribution >= 4 is 17.0 Å². The van der Waals surface area contributed by atoms with E-state index in [1.165, 1.54) is 6.07 Å². The number of carbonyl (C=O) groups is 1. The maximum atomic E-state index is 15.2. The first kappa shape index (κ1) is 30.4. The molecule has 220 valence electrons. The van der Waals surface area contributed by atoms with Gasteiger partial charge in [0.05, 0.1) is 30.9 Å². The van der Waals surface area contributed by atoms with Crippen molar-refractivity contribution in [3.63, 3.8) is 0 Å². The quantitative estimate of drug-likeness (QED) is 0.311. The molecule has 0 bridgehead atoms. The number of methoxy groups -OCH3 is 1. The smallest absolute Gasteiger partial charge is 0.408 e. The minimum atomic E-state index is -0.976. The van der Waals surface area contributed by atoms with E-state index in [4.69, 9.17) is 13.9 Å². The van der Waals surface area contributed by atoms with Crippen molar-refractivity contribution in [1.82, 2.24) is 20.1 Å². The Morgan fingerprint density at radius 3 is 2.80 bits per heavy atom. The molecule has 0 saturated carbocycles. The number of likely N-dealkylation sites (N-methyl/N-ethyl adjacent to an activating group) is 1. The summed E-state index contributed by atoms with van der Waals surface area (Å²) in [5, 5.41) is 25.2. The molecular formula is C29H36FN5O6. The zero-order valence-electron chi connectivity index (χ0n) is 23.4. The SMILES string of the molecule is COCCN(C)CCn1c(=O)oc2ccc(-c3ccc(C[C@@H](C#N)NC(=O)[C@@H]4CN[C@@H](C)[C@@H](O)CO4)c(F)c3)cc21. The number of aliphatic hydroxyl groups excluding tert-OH is 1. The molecule has 3 aromatic rings. The van der Waals surface area contributed by atoms with E-state index < -0.39 is 35.7 Å². The Morgan fingerprint density at radius 2 is 2.07 bits per heavy atom. The van der Waals surface area contributed by atoms with Crippen LogP contribution in [0.15, 0.2) is 45.6 Å². The molecule has 3 N–H and O–H groups in total. The van der Waals surface area contributed by atoms with Crippen LogP contribution in [-0.2, 0) is 27.2 Å². The number of amides is 1. The molecule has 1 aliphatic heterocycles. The third-order valence-corrected chi connectivity index (χ3v) is 7.30. The Bertz CT molecular complexity index is 1440. The Labute approximate surface area is 237 Å². The number of nitriles is 1. The first-order valence-corrected chi connectivity index (χ1v) is 13.5. The highest BCUT2D eigenvalue weighted by Crippen LogP contribution is 2.26. The largest absolute Gasteiger partial charge is 0.419 e. The van der Waals surface area contributed by atoms with Gasteiger partial charge in [0.15, 0.2) is 5.58 Å². The molecule has 1 aliphatic rings. The summed E-state index contributed by atoms with van der Waals surface area (Å²) in [6, 6.07) is 10.7. The Hall–Kier alpha value is -3.60. The molecule has 4 rings (SSSR count). The maximum Gasteiger partial charge on any atom is 0.419 e. The normalized spacial score (nSPS) is 20.1. The fourth-order valence-electron chi connectivity index (χ4n) is 4.60. The van der Waals surface area contributed by atoms with Crippen molar-refractivity contribution in [2.24, 2.45) is 0 Å². The van der Waals surface area contributed by atoms with Crippen molar-refractivity contribution in [1.29, 1.82) is 5.26 Å². The molecule has 11 nitrogen and oxygen atoms in total. The van der Waals surface area contributed by atoms with Crippen LogP contribution in [0.2, 0.25) is 0 Å². The number of hydrogen-bond donors (Lipinski definition) is 3. The van der Waals surface area contributed by atoms with Gasteiger partial charge in [0, 0.05) is 45.8 Å². The molecule has 0 unspecified atom stereocenters. The van der Waals surface area contributed by atoms with Gasteiger partial charge in [-0.1, -0.05) is 18.2 Å². The van der Waals surface area contributed by atoms with Gasteiger partial charge in [0.1, 0.15) is 18.0 Å². The molecule has 0 aliphatic carbocycles. The van der Waals surface area contributed by atoms with Crippen LogP contribution in [0.25, 0.3) is 22.2 Å². The van der Waals surface area contributed by atoms with Crippen LogP contribution >= 0.6 is 0 Å². The lowest BCUT2D eigenvalue weighted by atomic mass is 10.00. The number of halogens is 1. The van der Waals surface area contributed by atoms with Gasteiger partial charge >= 0.3 is 5.76 Å². The third-order valence-electron chi connectivity index (χ3n) is 7.30. The molecule has 2 heterocycles. The van der Waals surface area contributed by atoms with Gasteiger partial charge in [-0.2, -0.15) is 5.26 Å². The van der Waals surface area contributed by atoms with Crippen LogP contribution in [0.3, 0.4) is 0 Å². The standard InChI is InChI=1S/C29H36FN5O6/c1-18-25(36)17-40-27(16-32-18)28(37)33-22(15-31)12-21-5-4-19(13-23(21)30)20-6-7-26-24(14-20)35(29(38)41-26)9-8-34(2)10-11-39-3/h4-7,13-14,18,22,25,27,32,36H,8-12,16-17H2,1-3H3,(H,33,37)/t18-,22-,25-,27-/m0/s1. The van der Waals surface area contributed by atoms with E-state index in [9.17, 15) is 20.0 Å². The summed E-state index contributed by atoms with van der Waals surface area (Å²) in [5.74, 6) is -1.49. The highest BCUT2D eigenvalue weighted by atomic mass is 19.1. The first-order valence-electron chi connectivity index (χ1n) is 13.5. The predicted molar refractivity (Wildman–Crippen MR) is 150 cm³/mol. The fourth-order valence-corrected chi connectivity index (χ4v) is 4.60. The second-order valence-electron chi connectivity index (χ2n) is 10.3. The van der Waals surface area contributed by atoms with E-state index in [1.807, 2.05) is 13.1 Å². The number of rotatable bonds is 11. The van der Waals surface area contributed by atoms with Crippen molar-refractivity contribution in [3.8, 4) is 17.2 Å². The highest BCUT2D eigenvalue weighted by molar-refractivity contribution is 5.82. The maximum absolute atomic E-state index is 15.2. The number of nitrogens with zero attached hydrogens (tertiary/aromatic N) is 3. The van der Waals surface area contributed by atoms with Crippen LogP contribution < -0.4 is 16.4 Å². The topological polar surface area (TPSA) is 142 Å². The van der Waals surface area contributed by atoms with E-state index in [-0.39, 0.29) is 31.2 Å². The summed E-state index contributed by atoms with van der Waals surface area (Å²) in [4.78, 5) is 27.2. The summed E-state index contributed by atoms with van der Waals surface area (Å²) < 4.78 is 32.7. The van der Waals surface area contributed by atoms with Crippen LogP contribution in [-0.4, -0.2) is 91.8 Å². The number of ether oxygens (including phenoxy) is 2. The molecule has 12 heteroatoms. The fraction of sp³-hybridized carbons (Fsp3) is 0.483. The summed E-state index contributed by atoms with van der Waals surface area (Å²) >= 11 is 0. The second-order valence-corrected chi connectivity index (χ2v) is 10.3. The number of aliphatic hydroxyl groups is 1. The van der Waals surface area contributed by atoms with Gasteiger partial charge < -0.3 is 34.5 Å². The van der Waals surface area contributed by atoms with Crippen molar-refractivity contribution in [2.45, 2.75) is 44.2 Å². The molecule has 0 radical (unpaired) electrons. The van der Waals surface area contributed by atoms with Gasteiger partial charge in [-0.3, -0.25) is 9.36 Å². The number of oxazole rings is 1. The van der Waals surface area contributed by atoms with Crippen LogP contribution in [0.1, 0.15) is 12.5 Å². The molecule has 0 spiro atoms. The molecule has 2 aromatic carbocycles. The Morgan fingerprint density at radius 1 is 1.32 bits per heavy atom. The Balaban J connectivity index is 1.45. The average molecular weight is 570 g/mol. The molecule has 1 aromatic heterocycles. The van der Waals surface area contributed by atoms with Crippen molar-refractivity contribution in [2.75, 3.05) is 47.0 Å². The number of nitrogens with one attached hydrogen (secondary N) is 2. The van der Waals surface area contributed by atoms with Gasteiger partial charge in [-0.25, -0.2) is 9.18 Å². The van der Waals surface area contributed by atoms with Crippen LogP contribution in [0.5, 0.6) is 0 Å². The third kappa shape index (κ3) is 7.58. The summed E-state index contributed by atoms with van der Waals surface area (Å²) in [6.07, 6.45) is -1.66. The number of carbonyl (C=O) groups excluding carboxylic acids is 1. The van der Waals surface area contributed by atoms with Gasteiger partial charge in [0.25, 0.3) is 5.91 Å². The zero-order chi connectivity index (χ0) is 29.5. The van der Waals surface area contributed by atoms with E-state index in [0.717, 1.165) is 6.54 Å². The average Bonchev–Trinajstić information content (AvgIpc) is 3.17. The van der Waals surface area contributed by atoms with E-state index in [2.05, 4.69) is 15.5 Å². The molecular weight excluding hydrogens is 533 g/mol. The Kier molecular flexibility index (Phi) is 10.3. The van der Waals surface area contributed by atoms with E-state index >= 15 is 4.39 Å². The minimum absolute atomic E-state index is 0.00820. The molecule has 1 amide bonds. The van der Waals surface area contributed by atoms with Gasteiger partial charge in [0.2, 0.25) is 0 Å². The lowest BCUT2D eigenvalue weighted by Crippen LogP contribution is -2.46. The van der Waals surface area contributed by atoms with Crippen LogP contribution in [0.4, 0.5) is 4.39 Å². The van der Waals surface area contributed by atoms with Gasteiger partial charge in [-0.05, 0) is 48.9 Å². The lowest BCUT2D eigenvalue weighted by molar-refractivity contribution is -0.133. The monoisotopic (exact) mass is 569 g/mol. The predicted octanol–water partition coefficient (Wildman–Crippen LogP) is 1.27. The molecule has 1 saturated heterocycles. The second kappa shape index (κ2) is 13.8. The minimum Gasteiger partial charge on any atom is -0.408 e. The summed E-state index contributed by atoms with van der Waals surface area (Å²) in [7, 11) is 3.58. The highest BCUT2D eigenvalue weighted by Gasteiger charge is 2.29. The number of aromatic nitrogens is 1. The summed E-state index contributed by atoms with van der Waals surface area (Å²) in [5.41, 5.74) is 2.62. The number of hydrogen-bond acceptors (Lipinski definition) is 9. The van der Waals surface area contributed by atoms with Crippen molar-refractivity contribution in [3.05, 3.63) is 58.3 Å². The van der Waals surface area contributed by atoms with Crippen molar-refractivity contribution < 1.29 is 28.2 Å². The molecule has 1 fully saturated rings. The first-order chi connectivity index (χ1) is 19.7. The summed E-state index contributed by atoms with van der Waals surface area (Å²) in [6.45, 7) is 4.31. The lowest BCUT2D eigenvalue weighted by Gasteiger charge is -2.18. The molecule has 4 atom stereocenters. The number of fused-ring (bicyclic) bond motifs is 1.